The molecule has 0 bridgehead atoms. The Morgan fingerprint density at radius 3 is 2.43 bits per heavy atom. The highest BCUT2D eigenvalue weighted by Crippen LogP contribution is 1.98. The first-order valence-corrected chi connectivity index (χ1v) is 6.09. The molecule has 0 saturated heterocycles. The molecule has 0 spiro atoms. The van der Waals surface area contributed by atoms with E-state index >= 15 is 0 Å². The molecule has 0 aliphatic heterocycles. The van der Waals surface area contributed by atoms with Crippen molar-refractivity contribution in [3.63, 3.8) is 0 Å². The quantitative estimate of drug-likeness (QED) is 0.509. The third-order valence-corrected chi connectivity index (χ3v) is 2.28. The summed E-state index contributed by atoms with van der Waals surface area (Å²) >= 11 is 0. The van der Waals surface area contributed by atoms with Crippen molar-refractivity contribution in [3.8, 4) is 0 Å². The highest BCUT2D eigenvalue weighted by atomic mass is 32.2. The largest absolute Gasteiger partial charge is 0.748 e. The second-order valence-electron chi connectivity index (χ2n) is 3.56. The Bertz CT molecular complexity index is 271. The maximum atomic E-state index is 11.0. The van der Waals surface area contributed by atoms with Gasteiger partial charge in [-0.25, -0.2) is 8.42 Å². The van der Waals surface area contributed by atoms with E-state index in [2.05, 4.69) is 5.32 Å². The van der Waals surface area contributed by atoms with Crippen LogP contribution in [0.25, 0.3) is 0 Å². The molecule has 0 unspecified atom stereocenters. The first-order chi connectivity index (χ1) is 6.31. The Labute approximate surface area is 84.6 Å². The minimum atomic E-state index is -4.15. The van der Waals surface area contributed by atoms with Gasteiger partial charge in [-0.1, -0.05) is 13.8 Å². The Hall–Kier alpha value is -0.620. The maximum Gasteiger partial charge on any atom is 0.220 e. The third kappa shape index (κ3) is 9.47. The first-order valence-electron chi connectivity index (χ1n) is 4.51. The van der Waals surface area contributed by atoms with Crippen molar-refractivity contribution < 1.29 is 17.8 Å². The average Bonchev–Trinajstić information content (AvgIpc) is 1.95. The van der Waals surface area contributed by atoms with Gasteiger partial charge in [0.2, 0.25) is 5.91 Å². The highest BCUT2D eigenvalue weighted by molar-refractivity contribution is 7.85. The highest BCUT2D eigenvalue weighted by Gasteiger charge is 2.03. The first kappa shape index (κ1) is 13.4. The van der Waals surface area contributed by atoms with Gasteiger partial charge in [0, 0.05) is 18.7 Å². The number of hydrogen-bond donors (Lipinski definition) is 1. The molecule has 0 fully saturated rings. The van der Waals surface area contributed by atoms with Crippen LogP contribution in [0.2, 0.25) is 0 Å². The molecule has 0 aliphatic carbocycles. The summed E-state index contributed by atoms with van der Waals surface area (Å²) in [4.78, 5) is 11.0. The van der Waals surface area contributed by atoms with Crippen LogP contribution in [0.15, 0.2) is 0 Å². The number of hydrogen-bond acceptors (Lipinski definition) is 4. The minimum Gasteiger partial charge on any atom is -0.748 e. The van der Waals surface area contributed by atoms with E-state index in [1.807, 2.05) is 13.8 Å². The number of nitrogens with one attached hydrogen (secondary N) is 1. The second-order valence-corrected chi connectivity index (χ2v) is 5.09. The molecule has 0 aliphatic rings. The lowest BCUT2D eigenvalue weighted by atomic mass is 10.1. The Morgan fingerprint density at radius 2 is 2.00 bits per heavy atom. The fourth-order valence-corrected chi connectivity index (χ4v) is 1.42. The van der Waals surface area contributed by atoms with Crippen LogP contribution in [0.1, 0.15) is 26.7 Å². The van der Waals surface area contributed by atoms with Crippen molar-refractivity contribution in [3.05, 3.63) is 0 Å². The summed E-state index contributed by atoms with van der Waals surface area (Å²) in [5.41, 5.74) is 0. The number of carbonyl (C=O) groups excluding carboxylic acids is 1. The van der Waals surface area contributed by atoms with Crippen molar-refractivity contribution in [2.75, 3.05) is 12.3 Å². The van der Waals surface area contributed by atoms with Gasteiger partial charge in [0.05, 0.1) is 10.1 Å². The van der Waals surface area contributed by atoms with Crippen molar-refractivity contribution >= 4 is 16.0 Å². The van der Waals surface area contributed by atoms with Crippen LogP contribution in [0.4, 0.5) is 0 Å². The molecule has 1 amide bonds. The van der Waals surface area contributed by atoms with Crippen molar-refractivity contribution in [1.29, 1.82) is 0 Å². The molecular formula is C8H16NO4S-. The summed E-state index contributed by atoms with van der Waals surface area (Å²) in [5, 5.41) is 2.54. The molecule has 5 nitrogen and oxygen atoms in total. The van der Waals surface area contributed by atoms with Gasteiger partial charge < -0.3 is 9.87 Å². The summed E-state index contributed by atoms with van der Waals surface area (Å²) < 4.78 is 30.6. The molecule has 6 heteroatoms. The summed E-state index contributed by atoms with van der Waals surface area (Å²) in [5.74, 6) is -0.254. The van der Waals surface area contributed by atoms with Crippen LogP contribution in [0.5, 0.6) is 0 Å². The predicted molar refractivity (Wildman–Crippen MR) is 51.6 cm³/mol. The summed E-state index contributed by atoms with van der Waals surface area (Å²) in [6, 6.07) is 0. The zero-order valence-electron chi connectivity index (χ0n) is 8.45. The number of amides is 1. The lowest BCUT2D eigenvalue weighted by Gasteiger charge is -2.08. The predicted octanol–water partition coefficient (Wildman–Crippen LogP) is 0.0840. The topological polar surface area (TPSA) is 86.3 Å². The van der Waals surface area contributed by atoms with E-state index in [1.54, 1.807) is 0 Å². The van der Waals surface area contributed by atoms with E-state index in [0.717, 1.165) is 0 Å². The summed E-state index contributed by atoms with van der Waals surface area (Å²) in [7, 11) is -4.15. The zero-order chi connectivity index (χ0) is 11.2. The molecule has 14 heavy (non-hydrogen) atoms. The van der Waals surface area contributed by atoms with Gasteiger partial charge in [-0.05, 0) is 12.3 Å². The van der Waals surface area contributed by atoms with Gasteiger partial charge in [0.1, 0.15) is 0 Å². The SMILES string of the molecule is CC(C)CC(=O)NCCCS(=O)(=O)[O-]. The molecule has 0 radical (unpaired) electrons. The summed E-state index contributed by atoms with van der Waals surface area (Å²) in [6.45, 7) is 4.08. The van der Waals surface area contributed by atoms with E-state index < -0.39 is 15.9 Å². The van der Waals surface area contributed by atoms with E-state index in [4.69, 9.17) is 0 Å². The van der Waals surface area contributed by atoms with Crippen LogP contribution >= 0.6 is 0 Å². The number of carbonyl (C=O) groups is 1. The Morgan fingerprint density at radius 1 is 1.43 bits per heavy atom. The maximum absolute atomic E-state index is 11.0. The fourth-order valence-electron chi connectivity index (χ4n) is 0.920. The smallest absolute Gasteiger partial charge is 0.220 e. The lowest BCUT2D eigenvalue weighted by molar-refractivity contribution is -0.121. The molecule has 0 saturated carbocycles. The molecule has 0 aromatic rings. The molecule has 1 N–H and O–H groups in total. The van der Waals surface area contributed by atoms with Gasteiger partial charge in [-0.15, -0.1) is 0 Å². The second kappa shape index (κ2) is 5.98. The van der Waals surface area contributed by atoms with E-state index in [9.17, 15) is 17.8 Å². The van der Waals surface area contributed by atoms with Gasteiger partial charge >= 0.3 is 0 Å². The van der Waals surface area contributed by atoms with Gasteiger partial charge in [0.15, 0.2) is 0 Å². The molecule has 0 rings (SSSR count). The Kier molecular flexibility index (Phi) is 5.71. The average molecular weight is 222 g/mol. The van der Waals surface area contributed by atoms with E-state index in [-0.39, 0.29) is 24.8 Å². The Balaban J connectivity index is 3.51. The third-order valence-electron chi connectivity index (χ3n) is 1.49. The zero-order valence-corrected chi connectivity index (χ0v) is 9.26. The van der Waals surface area contributed by atoms with Crippen LogP contribution in [0.3, 0.4) is 0 Å². The van der Waals surface area contributed by atoms with E-state index in [0.29, 0.717) is 6.42 Å². The molecule has 0 heterocycles. The normalized spacial score (nSPS) is 11.7. The lowest BCUT2D eigenvalue weighted by Crippen LogP contribution is -2.26. The van der Waals surface area contributed by atoms with Crippen LogP contribution in [-0.4, -0.2) is 31.2 Å². The van der Waals surface area contributed by atoms with Crippen molar-refractivity contribution in [2.45, 2.75) is 26.7 Å². The minimum absolute atomic E-state index is 0.108. The van der Waals surface area contributed by atoms with Gasteiger partial charge in [-0.3, -0.25) is 4.79 Å². The molecule has 84 valence electrons. The fraction of sp³-hybridized carbons (Fsp3) is 0.875. The van der Waals surface area contributed by atoms with Gasteiger partial charge in [-0.2, -0.15) is 0 Å². The summed E-state index contributed by atoms with van der Waals surface area (Å²) in [6.07, 6.45) is 0.597. The molecular weight excluding hydrogens is 206 g/mol. The van der Waals surface area contributed by atoms with Crippen molar-refractivity contribution in [1.82, 2.24) is 5.32 Å². The standard InChI is InChI=1S/C8H17NO4S/c1-7(2)6-8(10)9-4-3-5-14(11,12)13/h7H,3-6H2,1-2H3,(H,9,10)(H,11,12,13)/p-1. The molecule has 0 aromatic heterocycles. The molecule has 0 atom stereocenters. The monoisotopic (exact) mass is 222 g/mol. The van der Waals surface area contributed by atoms with Crippen molar-refractivity contribution in [2.24, 2.45) is 5.92 Å². The van der Waals surface area contributed by atoms with Crippen LogP contribution < -0.4 is 5.32 Å². The van der Waals surface area contributed by atoms with Gasteiger partial charge in [0.25, 0.3) is 0 Å². The molecule has 0 aromatic carbocycles. The van der Waals surface area contributed by atoms with Crippen LogP contribution in [-0.2, 0) is 14.9 Å². The number of rotatable bonds is 6. The van der Waals surface area contributed by atoms with E-state index in [1.165, 1.54) is 0 Å². The van der Waals surface area contributed by atoms with Crippen LogP contribution in [0, 0.1) is 5.92 Å².